The fourth-order valence-corrected chi connectivity index (χ4v) is 5.49. The molecule has 0 N–H and O–H groups in total. The number of amides is 1. The summed E-state index contributed by atoms with van der Waals surface area (Å²) in [6.45, 7) is 5.75. The average Bonchev–Trinajstić information content (AvgIpc) is 3.00. The molecule has 2 saturated heterocycles. The van der Waals surface area contributed by atoms with Crippen molar-refractivity contribution in [2.75, 3.05) is 12.0 Å². The number of fused-ring (bicyclic) bond motifs is 4. The van der Waals surface area contributed by atoms with Crippen LogP contribution in [0.4, 0.5) is 16.2 Å². The Kier molecular flexibility index (Phi) is 5.16. The Hall–Kier alpha value is -2.60. The smallest absolute Gasteiger partial charge is 0.410 e. The molecule has 0 spiro atoms. The molecule has 2 aromatic rings. The van der Waals surface area contributed by atoms with Crippen LogP contribution >= 0.6 is 11.6 Å². The highest BCUT2D eigenvalue weighted by molar-refractivity contribution is 6.30. The van der Waals surface area contributed by atoms with Crippen LogP contribution in [0.3, 0.4) is 0 Å². The molecule has 2 bridgehead atoms. The predicted molar refractivity (Wildman–Crippen MR) is 125 cm³/mol. The van der Waals surface area contributed by atoms with Gasteiger partial charge in [-0.05, 0) is 70.7 Å². The van der Waals surface area contributed by atoms with Gasteiger partial charge in [-0.3, -0.25) is 0 Å². The molecular formula is C25H29ClN2O4. The Morgan fingerprint density at radius 1 is 1.06 bits per heavy atom. The molecule has 6 nitrogen and oxygen atoms in total. The van der Waals surface area contributed by atoms with Gasteiger partial charge in [-0.1, -0.05) is 17.7 Å². The van der Waals surface area contributed by atoms with E-state index in [9.17, 15) is 4.79 Å². The molecule has 3 atom stereocenters. The van der Waals surface area contributed by atoms with Crippen LogP contribution < -0.4 is 14.4 Å². The van der Waals surface area contributed by atoms with Gasteiger partial charge in [0.25, 0.3) is 0 Å². The molecular weight excluding hydrogens is 428 g/mol. The van der Waals surface area contributed by atoms with Crippen LogP contribution in [0.1, 0.15) is 46.5 Å². The topological polar surface area (TPSA) is 51.2 Å². The summed E-state index contributed by atoms with van der Waals surface area (Å²) < 4.78 is 17.6. The highest BCUT2D eigenvalue weighted by Crippen LogP contribution is 2.54. The number of carbonyl (C=O) groups excluding carboxylic acids is 1. The summed E-state index contributed by atoms with van der Waals surface area (Å²) in [6.07, 6.45) is 3.55. The lowest BCUT2D eigenvalue weighted by Gasteiger charge is -2.46. The van der Waals surface area contributed by atoms with E-state index in [2.05, 4.69) is 11.0 Å². The maximum atomic E-state index is 12.9. The number of ether oxygens (including phenoxy) is 3. The van der Waals surface area contributed by atoms with E-state index in [1.54, 1.807) is 7.11 Å². The van der Waals surface area contributed by atoms with E-state index >= 15 is 0 Å². The van der Waals surface area contributed by atoms with Gasteiger partial charge in [0.15, 0.2) is 17.2 Å². The number of anilines is 2. The number of hydrogen-bond donors (Lipinski definition) is 0. The van der Waals surface area contributed by atoms with Crippen molar-refractivity contribution in [1.82, 2.24) is 4.90 Å². The van der Waals surface area contributed by atoms with E-state index in [0.29, 0.717) is 16.5 Å². The third-order valence-electron chi connectivity index (χ3n) is 6.51. The minimum absolute atomic E-state index is 0.168. The Morgan fingerprint density at radius 3 is 2.44 bits per heavy atom. The van der Waals surface area contributed by atoms with E-state index in [1.165, 1.54) is 0 Å². The van der Waals surface area contributed by atoms with Crippen molar-refractivity contribution in [3.63, 3.8) is 0 Å². The Balaban J connectivity index is 1.50. The van der Waals surface area contributed by atoms with Gasteiger partial charge in [-0.15, -0.1) is 0 Å². The van der Waals surface area contributed by atoms with Gasteiger partial charge in [0, 0.05) is 29.2 Å². The summed E-state index contributed by atoms with van der Waals surface area (Å²) in [4.78, 5) is 17.2. The first kappa shape index (κ1) is 21.3. The zero-order chi connectivity index (χ0) is 22.6. The molecule has 7 heteroatoms. The summed E-state index contributed by atoms with van der Waals surface area (Å²) in [5.41, 5.74) is 1.48. The number of piperidine rings is 1. The molecule has 0 aliphatic carbocycles. The third-order valence-corrected chi connectivity index (χ3v) is 6.74. The standard InChI is InChI=1S/C25H29ClN2O4/c1-25(2,3)32-24(29)27-16-9-10-17(27)14-18(13-16)28-19-11-8-15(26)12-22(19)31-23-20(28)6-5-7-21(23)30-4/h5-8,11-12,16-18H,9-10,13-14H2,1-4H3/t16-,17+,18?. The van der Waals surface area contributed by atoms with Crippen molar-refractivity contribution in [3.05, 3.63) is 41.4 Å². The van der Waals surface area contributed by atoms with Crippen molar-refractivity contribution in [3.8, 4) is 17.2 Å². The van der Waals surface area contributed by atoms with Crippen LogP contribution in [0, 0.1) is 0 Å². The Labute approximate surface area is 194 Å². The molecule has 2 aromatic carbocycles. The molecule has 3 heterocycles. The SMILES string of the molecule is COc1cccc2c1Oc1cc(Cl)ccc1N2C1C[C@H]2CC[C@@H](C1)N2C(=O)OC(C)(C)C. The zero-order valence-electron chi connectivity index (χ0n) is 18.9. The molecule has 32 heavy (non-hydrogen) atoms. The van der Waals surface area contributed by atoms with E-state index in [4.69, 9.17) is 25.8 Å². The first-order chi connectivity index (χ1) is 15.2. The highest BCUT2D eigenvalue weighted by Gasteiger charge is 2.47. The number of methoxy groups -OCH3 is 1. The normalized spacial score (nSPS) is 23.8. The zero-order valence-corrected chi connectivity index (χ0v) is 19.7. The molecule has 0 saturated carbocycles. The molecule has 3 aliphatic rings. The predicted octanol–water partition coefficient (Wildman–Crippen LogP) is 6.52. The van der Waals surface area contributed by atoms with Crippen molar-refractivity contribution >= 4 is 29.1 Å². The van der Waals surface area contributed by atoms with Gasteiger partial charge in [-0.2, -0.15) is 0 Å². The summed E-state index contributed by atoms with van der Waals surface area (Å²) in [5, 5.41) is 0.627. The van der Waals surface area contributed by atoms with Crippen LogP contribution in [-0.4, -0.2) is 41.8 Å². The summed E-state index contributed by atoms with van der Waals surface area (Å²) in [5.74, 6) is 2.11. The number of benzene rings is 2. The van der Waals surface area contributed by atoms with Crippen LogP contribution in [0.25, 0.3) is 0 Å². The minimum Gasteiger partial charge on any atom is -0.493 e. The van der Waals surface area contributed by atoms with Crippen LogP contribution in [0.5, 0.6) is 17.2 Å². The molecule has 0 radical (unpaired) electrons. The maximum Gasteiger partial charge on any atom is 0.410 e. The van der Waals surface area contributed by atoms with Crippen LogP contribution in [0.2, 0.25) is 5.02 Å². The first-order valence-electron chi connectivity index (χ1n) is 11.2. The van der Waals surface area contributed by atoms with Gasteiger partial charge in [0.1, 0.15) is 5.60 Å². The number of hydrogen-bond acceptors (Lipinski definition) is 5. The molecule has 2 fully saturated rings. The quantitative estimate of drug-likeness (QED) is 0.514. The third kappa shape index (κ3) is 3.64. The second-order valence-corrected chi connectivity index (χ2v) is 10.2. The first-order valence-corrected chi connectivity index (χ1v) is 11.6. The van der Waals surface area contributed by atoms with Crippen molar-refractivity contribution < 1.29 is 19.0 Å². The lowest BCUT2D eigenvalue weighted by molar-refractivity contribution is 0.00613. The average molecular weight is 457 g/mol. The van der Waals surface area contributed by atoms with E-state index in [0.717, 1.165) is 42.8 Å². The van der Waals surface area contributed by atoms with Crippen molar-refractivity contribution in [2.24, 2.45) is 0 Å². The molecule has 1 amide bonds. The summed E-state index contributed by atoms with van der Waals surface area (Å²) in [7, 11) is 1.65. The fourth-order valence-electron chi connectivity index (χ4n) is 5.33. The monoisotopic (exact) mass is 456 g/mol. The highest BCUT2D eigenvalue weighted by atomic mass is 35.5. The molecule has 5 rings (SSSR count). The van der Waals surface area contributed by atoms with Gasteiger partial charge >= 0.3 is 6.09 Å². The number of halogens is 1. The Morgan fingerprint density at radius 2 is 1.78 bits per heavy atom. The maximum absolute atomic E-state index is 12.9. The van der Waals surface area contributed by atoms with E-state index in [-0.39, 0.29) is 24.2 Å². The number of para-hydroxylation sites is 1. The molecule has 1 unspecified atom stereocenters. The number of rotatable bonds is 2. The van der Waals surface area contributed by atoms with E-state index < -0.39 is 5.60 Å². The van der Waals surface area contributed by atoms with Gasteiger partial charge in [-0.25, -0.2) is 4.79 Å². The van der Waals surface area contributed by atoms with Crippen molar-refractivity contribution in [1.29, 1.82) is 0 Å². The van der Waals surface area contributed by atoms with Gasteiger partial charge in [0.2, 0.25) is 0 Å². The molecule has 0 aromatic heterocycles. The number of nitrogens with zero attached hydrogens (tertiary/aromatic N) is 2. The second-order valence-electron chi connectivity index (χ2n) is 9.79. The summed E-state index contributed by atoms with van der Waals surface area (Å²) in [6, 6.07) is 12.3. The van der Waals surface area contributed by atoms with Gasteiger partial charge in [0.05, 0.1) is 18.5 Å². The number of carbonyl (C=O) groups is 1. The van der Waals surface area contributed by atoms with Crippen molar-refractivity contribution in [2.45, 2.75) is 70.2 Å². The lowest BCUT2D eigenvalue weighted by Crippen LogP contribution is -2.53. The second kappa shape index (κ2) is 7.77. The lowest BCUT2D eigenvalue weighted by atomic mass is 9.94. The minimum atomic E-state index is -0.495. The van der Waals surface area contributed by atoms with E-state index in [1.807, 2.05) is 56.0 Å². The Bertz CT molecular complexity index is 1040. The summed E-state index contributed by atoms with van der Waals surface area (Å²) >= 11 is 6.29. The van der Waals surface area contributed by atoms with Crippen LogP contribution in [-0.2, 0) is 4.74 Å². The molecule has 3 aliphatic heterocycles. The van der Waals surface area contributed by atoms with Gasteiger partial charge < -0.3 is 24.0 Å². The fraction of sp³-hybridized carbons (Fsp3) is 0.480. The van der Waals surface area contributed by atoms with Crippen LogP contribution in [0.15, 0.2) is 36.4 Å². The largest absolute Gasteiger partial charge is 0.493 e. The molecule has 170 valence electrons.